The number of aromatic nitrogens is 1. The predicted octanol–water partition coefficient (Wildman–Crippen LogP) is 5.61. The Hall–Kier alpha value is -3.60. The summed E-state index contributed by atoms with van der Waals surface area (Å²) in [6.07, 6.45) is 3.94. The number of hydrogen-bond donors (Lipinski definition) is 2. The second-order valence-corrected chi connectivity index (χ2v) is 9.17. The van der Waals surface area contributed by atoms with Crippen LogP contribution in [-0.2, 0) is 0 Å². The van der Waals surface area contributed by atoms with Crippen LogP contribution >= 0.6 is 0 Å². The van der Waals surface area contributed by atoms with E-state index >= 15 is 0 Å². The van der Waals surface area contributed by atoms with Crippen molar-refractivity contribution in [2.75, 3.05) is 24.3 Å². The Kier molecular flexibility index (Phi) is 5.86. The Morgan fingerprint density at radius 1 is 0.848 bits per heavy atom. The summed E-state index contributed by atoms with van der Waals surface area (Å²) in [6.45, 7) is 0. The monoisotopic (exact) mass is 438 g/mol. The topological polar surface area (TPSA) is 57.3 Å². The first-order valence-electron chi connectivity index (χ1n) is 11.7. The zero-order valence-corrected chi connectivity index (χ0v) is 19.2. The van der Waals surface area contributed by atoms with E-state index < -0.39 is 0 Å². The summed E-state index contributed by atoms with van der Waals surface area (Å²) in [5, 5.41) is 10.3. The van der Waals surface area contributed by atoms with Crippen LogP contribution in [0.25, 0.3) is 21.7 Å². The van der Waals surface area contributed by atoms with Gasteiger partial charge in [-0.25, -0.2) is 4.98 Å². The minimum absolute atomic E-state index is 0.0176. The van der Waals surface area contributed by atoms with Gasteiger partial charge in [-0.15, -0.1) is 0 Å². The number of carbonyl (C=O) groups is 1. The molecule has 1 saturated carbocycles. The van der Waals surface area contributed by atoms with Crippen LogP contribution in [0.2, 0.25) is 0 Å². The second-order valence-electron chi connectivity index (χ2n) is 9.17. The fourth-order valence-electron chi connectivity index (χ4n) is 4.79. The van der Waals surface area contributed by atoms with Crippen LogP contribution in [0, 0.1) is 0 Å². The Morgan fingerprint density at radius 2 is 1.55 bits per heavy atom. The van der Waals surface area contributed by atoms with E-state index in [0.717, 1.165) is 58.7 Å². The molecule has 5 rings (SSSR count). The van der Waals surface area contributed by atoms with E-state index in [1.165, 1.54) is 5.69 Å². The van der Waals surface area contributed by atoms with Crippen molar-refractivity contribution >= 4 is 39.1 Å². The molecule has 0 unspecified atom stereocenters. The number of hydrogen-bond acceptors (Lipinski definition) is 4. The minimum Gasteiger partial charge on any atom is -0.377 e. The molecule has 3 aromatic carbocycles. The van der Waals surface area contributed by atoms with Crippen LogP contribution < -0.4 is 15.5 Å². The van der Waals surface area contributed by atoms with Gasteiger partial charge >= 0.3 is 0 Å². The summed E-state index contributed by atoms with van der Waals surface area (Å²) in [7, 11) is 4.13. The molecule has 0 radical (unpaired) electrons. The highest BCUT2D eigenvalue weighted by molar-refractivity contribution is 5.98. The molecule has 5 heteroatoms. The number of rotatable bonds is 5. The largest absolute Gasteiger partial charge is 0.377 e. The number of para-hydroxylation sites is 1. The standard InChI is InChI=1S/C28H30N4O/c1-32(2)26-18-27(31-25-10-6-5-9-24(25)26)29-22-13-15-23(16-14-22)30-28(33)21-12-11-19-7-3-4-8-20(19)17-21/h3-12,17-18,22-23H,13-16H2,1-2H3,(H,29,31)(H,30,33)/t22-,23+. The third-order valence-corrected chi connectivity index (χ3v) is 6.60. The molecule has 33 heavy (non-hydrogen) atoms. The Labute approximate surface area is 194 Å². The lowest BCUT2D eigenvalue weighted by Crippen LogP contribution is -2.40. The maximum absolute atomic E-state index is 12.8. The quantitative estimate of drug-likeness (QED) is 0.425. The van der Waals surface area contributed by atoms with Gasteiger partial charge in [0.05, 0.1) is 5.52 Å². The van der Waals surface area contributed by atoms with Crippen molar-refractivity contribution < 1.29 is 4.79 Å². The fourth-order valence-corrected chi connectivity index (χ4v) is 4.79. The molecule has 1 heterocycles. The number of nitrogens with zero attached hydrogens (tertiary/aromatic N) is 2. The van der Waals surface area contributed by atoms with Crippen LogP contribution in [0.15, 0.2) is 72.8 Å². The van der Waals surface area contributed by atoms with Crippen molar-refractivity contribution in [1.82, 2.24) is 10.3 Å². The number of anilines is 2. The summed E-state index contributed by atoms with van der Waals surface area (Å²) < 4.78 is 0. The zero-order chi connectivity index (χ0) is 22.8. The van der Waals surface area contributed by atoms with Gasteiger partial charge in [-0.05, 0) is 54.7 Å². The molecule has 0 bridgehead atoms. The van der Waals surface area contributed by atoms with Gasteiger partial charge in [0.25, 0.3) is 5.91 Å². The van der Waals surface area contributed by atoms with Crippen molar-refractivity contribution in [3.05, 3.63) is 78.4 Å². The van der Waals surface area contributed by atoms with Gasteiger partial charge in [0.15, 0.2) is 0 Å². The first kappa shape index (κ1) is 21.3. The zero-order valence-electron chi connectivity index (χ0n) is 19.2. The van der Waals surface area contributed by atoms with Crippen molar-refractivity contribution in [2.45, 2.75) is 37.8 Å². The molecule has 2 N–H and O–H groups in total. The van der Waals surface area contributed by atoms with Crippen LogP contribution in [-0.4, -0.2) is 37.1 Å². The molecule has 1 amide bonds. The summed E-state index contributed by atoms with van der Waals surface area (Å²) in [6, 6.07) is 25.0. The van der Waals surface area contributed by atoms with Crippen molar-refractivity contribution in [1.29, 1.82) is 0 Å². The fraction of sp³-hybridized carbons (Fsp3) is 0.286. The molecule has 1 aromatic heterocycles. The van der Waals surface area contributed by atoms with Crippen LogP contribution in [0.3, 0.4) is 0 Å². The lowest BCUT2D eigenvalue weighted by atomic mass is 9.91. The molecule has 5 nitrogen and oxygen atoms in total. The maximum atomic E-state index is 12.8. The van der Waals surface area contributed by atoms with Gasteiger partial charge in [-0.2, -0.15) is 0 Å². The summed E-state index contributed by atoms with van der Waals surface area (Å²) in [5.41, 5.74) is 2.90. The predicted molar refractivity (Wildman–Crippen MR) is 137 cm³/mol. The maximum Gasteiger partial charge on any atom is 0.251 e. The molecular formula is C28H30N4O. The van der Waals surface area contributed by atoms with Gasteiger partial charge in [-0.3, -0.25) is 4.79 Å². The molecule has 1 aliphatic carbocycles. The number of fused-ring (bicyclic) bond motifs is 2. The first-order chi connectivity index (χ1) is 16.1. The van der Waals surface area contributed by atoms with Crippen molar-refractivity contribution in [3.8, 4) is 0 Å². The van der Waals surface area contributed by atoms with Crippen LogP contribution in [0.5, 0.6) is 0 Å². The van der Waals surface area contributed by atoms with E-state index in [-0.39, 0.29) is 11.9 Å². The average Bonchev–Trinajstić information content (AvgIpc) is 2.84. The molecular weight excluding hydrogens is 408 g/mol. The van der Waals surface area contributed by atoms with Gasteiger partial charge in [0.2, 0.25) is 0 Å². The SMILES string of the molecule is CN(C)c1cc(N[C@H]2CC[C@@H](NC(=O)c3ccc4ccccc4c3)CC2)nc2ccccc12. The minimum atomic E-state index is 0.0176. The van der Waals surface area contributed by atoms with E-state index in [1.807, 2.05) is 42.5 Å². The molecule has 4 aromatic rings. The highest BCUT2D eigenvalue weighted by Gasteiger charge is 2.23. The average molecular weight is 439 g/mol. The number of carbonyl (C=O) groups excluding carboxylic acids is 1. The van der Waals surface area contributed by atoms with E-state index in [9.17, 15) is 4.79 Å². The Bertz CT molecular complexity index is 1290. The smallest absolute Gasteiger partial charge is 0.251 e. The number of amides is 1. The lowest BCUT2D eigenvalue weighted by Gasteiger charge is -2.30. The summed E-state index contributed by atoms with van der Waals surface area (Å²) in [5.74, 6) is 0.935. The van der Waals surface area contributed by atoms with Gasteiger partial charge in [0.1, 0.15) is 5.82 Å². The van der Waals surface area contributed by atoms with Crippen molar-refractivity contribution in [3.63, 3.8) is 0 Å². The second kappa shape index (κ2) is 9.10. The van der Waals surface area contributed by atoms with Crippen LogP contribution in [0.1, 0.15) is 36.0 Å². The van der Waals surface area contributed by atoms with Gasteiger partial charge in [-0.1, -0.05) is 48.5 Å². The first-order valence-corrected chi connectivity index (χ1v) is 11.7. The molecule has 0 aliphatic heterocycles. The third kappa shape index (κ3) is 4.63. The van der Waals surface area contributed by atoms with E-state index in [0.29, 0.717) is 6.04 Å². The Balaban J connectivity index is 1.21. The molecule has 0 atom stereocenters. The normalized spacial score (nSPS) is 18.2. The number of pyridine rings is 1. The molecule has 168 valence electrons. The van der Waals surface area contributed by atoms with Crippen molar-refractivity contribution in [2.24, 2.45) is 0 Å². The molecule has 0 spiro atoms. The number of nitrogens with one attached hydrogen (secondary N) is 2. The van der Waals surface area contributed by atoms with E-state index in [2.05, 4.69) is 60.0 Å². The lowest BCUT2D eigenvalue weighted by molar-refractivity contribution is 0.0926. The highest BCUT2D eigenvalue weighted by Crippen LogP contribution is 2.29. The van der Waals surface area contributed by atoms with Gasteiger partial charge in [0, 0.05) is 48.9 Å². The third-order valence-electron chi connectivity index (χ3n) is 6.60. The summed E-state index contributed by atoms with van der Waals surface area (Å²) >= 11 is 0. The molecule has 1 aliphatic rings. The highest BCUT2D eigenvalue weighted by atomic mass is 16.1. The Morgan fingerprint density at radius 3 is 2.33 bits per heavy atom. The molecule has 1 fully saturated rings. The number of benzene rings is 3. The van der Waals surface area contributed by atoms with Crippen LogP contribution in [0.4, 0.5) is 11.5 Å². The summed E-state index contributed by atoms with van der Waals surface area (Å²) in [4.78, 5) is 19.8. The van der Waals surface area contributed by atoms with E-state index in [4.69, 9.17) is 4.98 Å². The van der Waals surface area contributed by atoms with E-state index in [1.54, 1.807) is 0 Å². The molecule has 0 saturated heterocycles. The van der Waals surface area contributed by atoms with Gasteiger partial charge < -0.3 is 15.5 Å².